The van der Waals surface area contributed by atoms with Gasteiger partial charge in [0.1, 0.15) is 22.3 Å². The number of nitrogens with zero attached hydrogens (tertiary/aromatic N) is 1. The fourth-order valence-corrected chi connectivity index (χ4v) is 7.93. The fraction of sp³-hybridized carbons (Fsp3) is 0.0667. The third-order valence-corrected chi connectivity index (χ3v) is 10.2. The Kier molecular flexibility index (Phi) is 5.63. The Morgan fingerprint density at radius 2 is 1.02 bits per heavy atom. The molecule has 0 amide bonds. The molecule has 1 aliphatic carbocycles. The molecular formula is C45H31NO2. The lowest BCUT2D eigenvalue weighted by molar-refractivity contribution is 0.620. The largest absolute Gasteiger partial charge is 0.456 e. The van der Waals surface area contributed by atoms with Gasteiger partial charge in [0, 0.05) is 49.6 Å². The lowest BCUT2D eigenvalue weighted by Crippen LogP contribution is -2.17. The molecule has 0 unspecified atom stereocenters. The van der Waals surface area contributed by atoms with Crippen molar-refractivity contribution in [2.75, 3.05) is 4.90 Å². The molecule has 0 fully saturated rings. The molecule has 0 radical (unpaired) electrons. The van der Waals surface area contributed by atoms with Crippen molar-refractivity contribution in [3.05, 3.63) is 163 Å². The quantitative estimate of drug-likeness (QED) is 0.197. The first-order valence-corrected chi connectivity index (χ1v) is 16.5. The van der Waals surface area contributed by atoms with E-state index in [4.69, 9.17) is 8.83 Å². The highest BCUT2D eigenvalue weighted by atomic mass is 16.3. The van der Waals surface area contributed by atoms with Gasteiger partial charge in [0.05, 0.1) is 0 Å². The van der Waals surface area contributed by atoms with E-state index in [2.05, 4.69) is 152 Å². The van der Waals surface area contributed by atoms with E-state index < -0.39 is 0 Å². The molecule has 0 N–H and O–H groups in total. The van der Waals surface area contributed by atoms with E-state index in [0.717, 1.165) is 55.6 Å². The summed E-state index contributed by atoms with van der Waals surface area (Å²) >= 11 is 0. The Balaban J connectivity index is 1.16. The van der Waals surface area contributed by atoms with Gasteiger partial charge in [-0.05, 0) is 88.5 Å². The molecule has 228 valence electrons. The molecule has 0 bridgehead atoms. The van der Waals surface area contributed by atoms with Crippen LogP contribution in [0.2, 0.25) is 0 Å². The van der Waals surface area contributed by atoms with E-state index in [1.807, 2.05) is 18.2 Å². The van der Waals surface area contributed by atoms with Crippen molar-refractivity contribution < 1.29 is 8.83 Å². The van der Waals surface area contributed by atoms with Crippen molar-refractivity contribution in [2.24, 2.45) is 0 Å². The van der Waals surface area contributed by atoms with Crippen LogP contribution in [0.25, 0.3) is 66.1 Å². The van der Waals surface area contributed by atoms with Crippen molar-refractivity contribution in [2.45, 2.75) is 19.3 Å². The van der Waals surface area contributed by atoms with Gasteiger partial charge in [-0.2, -0.15) is 0 Å². The SMILES string of the molecule is CC1(C)c2cc(N(c3ccc(-c4ccccc4)cc3)c3ccc4oc5ccccc5c4c3)ccc2-c2ccc3c(oc4ccccc43)c21. The monoisotopic (exact) mass is 617 g/mol. The van der Waals surface area contributed by atoms with Crippen LogP contribution in [0.15, 0.2) is 160 Å². The van der Waals surface area contributed by atoms with Crippen molar-refractivity contribution >= 4 is 60.9 Å². The van der Waals surface area contributed by atoms with Crippen molar-refractivity contribution in [1.29, 1.82) is 0 Å². The normalized spacial score (nSPS) is 13.4. The van der Waals surface area contributed by atoms with Crippen LogP contribution in [-0.4, -0.2) is 0 Å². The minimum absolute atomic E-state index is 0.262. The van der Waals surface area contributed by atoms with E-state index in [0.29, 0.717) is 0 Å². The topological polar surface area (TPSA) is 29.5 Å². The maximum atomic E-state index is 6.58. The molecule has 7 aromatic carbocycles. The molecule has 0 saturated carbocycles. The zero-order valence-corrected chi connectivity index (χ0v) is 26.7. The van der Waals surface area contributed by atoms with Gasteiger partial charge in [0.2, 0.25) is 0 Å². The highest BCUT2D eigenvalue weighted by Crippen LogP contribution is 2.54. The van der Waals surface area contributed by atoms with E-state index in [9.17, 15) is 0 Å². The molecule has 2 aromatic heterocycles. The number of hydrogen-bond acceptors (Lipinski definition) is 3. The first-order valence-electron chi connectivity index (χ1n) is 16.5. The lowest BCUT2D eigenvalue weighted by Gasteiger charge is -2.28. The number of fused-ring (bicyclic) bond motifs is 10. The zero-order valence-electron chi connectivity index (χ0n) is 26.7. The first kappa shape index (κ1) is 27.1. The molecule has 9 aromatic rings. The summed E-state index contributed by atoms with van der Waals surface area (Å²) in [5.41, 5.74) is 14.2. The predicted octanol–water partition coefficient (Wildman–Crippen LogP) is 12.9. The maximum absolute atomic E-state index is 6.58. The fourth-order valence-electron chi connectivity index (χ4n) is 7.93. The maximum Gasteiger partial charge on any atom is 0.140 e. The number of para-hydroxylation sites is 2. The molecule has 0 spiro atoms. The number of rotatable bonds is 4. The highest BCUT2D eigenvalue weighted by molar-refractivity contribution is 6.09. The Morgan fingerprint density at radius 3 is 1.81 bits per heavy atom. The van der Waals surface area contributed by atoms with Gasteiger partial charge in [0.25, 0.3) is 0 Å². The van der Waals surface area contributed by atoms with Crippen LogP contribution in [0.5, 0.6) is 0 Å². The average molecular weight is 618 g/mol. The lowest BCUT2D eigenvalue weighted by atomic mass is 9.81. The minimum Gasteiger partial charge on any atom is -0.456 e. The Bertz CT molecular complexity index is 2690. The molecule has 3 heteroatoms. The molecule has 48 heavy (non-hydrogen) atoms. The van der Waals surface area contributed by atoms with Crippen LogP contribution >= 0.6 is 0 Å². The summed E-state index contributed by atoms with van der Waals surface area (Å²) in [6.45, 7) is 4.66. The van der Waals surface area contributed by atoms with Gasteiger partial charge < -0.3 is 13.7 Å². The first-order chi connectivity index (χ1) is 23.5. The smallest absolute Gasteiger partial charge is 0.140 e. The molecule has 0 saturated heterocycles. The average Bonchev–Trinajstić information content (AvgIpc) is 3.76. The van der Waals surface area contributed by atoms with E-state index in [-0.39, 0.29) is 5.41 Å². The summed E-state index contributed by atoms with van der Waals surface area (Å²) in [6.07, 6.45) is 0. The summed E-state index contributed by atoms with van der Waals surface area (Å²) in [5, 5.41) is 4.56. The molecule has 2 heterocycles. The van der Waals surface area contributed by atoms with Gasteiger partial charge in [-0.15, -0.1) is 0 Å². The van der Waals surface area contributed by atoms with Gasteiger partial charge in [-0.25, -0.2) is 0 Å². The standard InChI is InChI=1S/C45H31NO2/c1-45(2)39-27-32(20-22-33(39)36-23-24-37-34-12-6-9-15-41(34)48-44(37)43(36)45)46(30-18-16-29(17-19-30)28-10-4-3-5-11-28)31-21-25-42-38(26-31)35-13-7-8-14-40(35)47-42/h3-27H,1-2H3. The minimum atomic E-state index is -0.262. The van der Waals surface area contributed by atoms with Crippen LogP contribution in [0.4, 0.5) is 17.1 Å². The van der Waals surface area contributed by atoms with E-state index >= 15 is 0 Å². The number of anilines is 3. The van der Waals surface area contributed by atoms with E-state index in [1.54, 1.807) is 0 Å². The molecule has 0 atom stereocenters. The zero-order chi connectivity index (χ0) is 32.0. The molecule has 1 aliphatic rings. The Morgan fingerprint density at radius 1 is 0.438 bits per heavy atom. The van der Waals surface area contributed by atoms with Gasteiger partial charge in [-0.1, -0.05) is 105 Å². The Labute approximate surface area is 278 Å². The van der Waals surface area contributed by atoms with Crippen LogP contribution in [0, 0.1) is 0 Å². The van der Waals surface area contributed by atoms with E-state index in [1.165, 1.54) is 38.8 Å². The third kappa shape index (κ3) is 3.88. The van der Waals surface area contributed by atoms with Crippen LogP contribution < -0.4 is 4.90 Å². The molecule has 3 nitrogen and oxygen atoms in total. The number of furan rings is 2. The van der Waals surface area contributed by atoms with Crippen LogP contribution in [0.1, 0.15) is 25.0 Å². The molecule has 10 rings (SSSR count). The predicted molar refractivity (Wildman–Crippen MR) is 199 cm³/mol. The summed E-state index contributed by atoms with van der Waals surface area (Å²) in [7, 11) is 0. The van der Waals surface area contributed by atoms with Gasteiger partial charge >= 0.3 is 0 Å². The number of hydrogen-bond donors (Lipinski definition) is 0. The molecule has 0 aliphatic heterocycles. The summed E-state index contributed by atoms with van der Waals surface area (Å²) in [4.78, 5) is 2.37. The summed E-state index contributed by atoms with van der Waals surface area (Å²) in [5.74, 6) is 0. The van der Waals surface area contributed by atoms with Crippen LogP contribution in [-0.2, 0) is 5.41 Å². The Hall–Kier alpha value is -6.06. The second-order valence-electron chi connectivity index (χ2n) is 13.3. The summed E-state index contributed by atoms with van der Waals surface area (Å²) in [6, 6.07) is 54.0. The van der Waals surface area contributed by atoms with Crippen molar-refractivity contribution in [3.8, 4) is 22.3 Å². The second kappa shape index (κ2) is 9.97. The van der Waals surface area contributed by atoms with Crippen LogP contribution in [0.3, 0.4) is 0 Å². The highest BCUT2D eigenvalue weighted by Gasteiger charge is 2.39. The van der Waals surface area contributed by atoms with Gasteiger partial charge in [-0.3, -0.25) is 0 Å². The third-order valence-electron chi connectivity index (χ3n) is 10.2. The number of benzene rings is 7. The molecular weight excluding hydrogens is 587 g/mol. The summed E-state index contributed by atoms with van der Waals surface area (Å²) < 4.78 is 12.8. The van der Waals surface area contributed by atoms with Gasteiger partial charge in [0.15, 0.2) is 0 Å². The second-order valence-corrected chi connectivity index (χ2v) is 13.3. The van der Waals surface area contributed by atoms with Crippen molar-refractivity contribution in [3.63, 3.8) is 0 Å². The van der Waals surface area contributed by atoms with Crippen molar-refractivity contribution in [1.82, 2.24) is 0 Å².